The number of hydrogen-bond donors (Lipinski definition) is 0. The van der Waals surface area contributed by atoms with Gasteiger partial charge in [0.05, 0.1) is 11.2 Å². The smallest absolute Gasteiger partial charge is 0.0712 e. The summed E-state index contributed by atoms with van der Waals surface area (Å²) in [6.45, 7) is 2.50. The van der Waals surface area contributed by atoms with Gasteiger partial charge in [0.25, 0.3) is 0 Å². The van der Waals surface area contributed by atoms with Gasteiger partial charge >= 0.3 is 0 Å². The van der Waals surface area contributed by atoms with Gasteiger partial charge in [-0.05, 0) is 62.9 Å². The SMILES string of the molecule is CN1CCCC(CCc2cc(-c3ccccc3)nc3ccccc23)C1.Cl. The summed E-state index contributed by atoms with van der Waals surface area (Å²) < 4.78 is 0. The van der Waals surface area contributed by atoms with Crippen LogP contribution in [0.3, 0.4) is 0 Å². The Morgan fingerprint density at radius 2 is 1.81 bits per heavy atom. The molecule has 136 valence electrons. The Bertz CT molecular complexity index is 847. The van der Waals surface area contributed by atoms with Crippen LogP contribution in [0.1, 0.15) is 24.8 Å². The van der Waals surface area contributed by atoms with E-state index in [4.69, 9.17) is 4.98 Å². The van der Waals surface area contributed by atoms with E-state index in [0.29, 0.717) is 0 Å². The van der Waals surface area contributed by atoms with Gasteiger partial charge in [0.1, 0.15) is 0 Å². The Balaban J connectivity index is 0.00000196. The average molecular weight is 367 g/mol. The molecule has 1 aromatic heterocycles. The Morgan fingerprint density at radius 1 is 1.04 bits per heavy atom. The highest BCUT2D eigenvalue weighted by atomic mass is 35.5. The molecule has 26 heavy (non-hydrogen) atoms. The maximum absolute atomic E-state index is 4.90. The molecule has 1 aliphatic rings. The molecule has 0 radical (unpaired) electrons. The number of benzene rings is 2. The molecule has 4 rings (SSSR count). The molecule has 0 N–H and O–H groups in total. The molecule has 0 saturated carbocycles. The van der Waals surface area contributed by atoms with Gasteiger partial charge in [-0.15, -0.1) is 12.4 Å². The minimum atomic E-state index is 0. The summed E-state index contributed by atoms with van der Waals surface area (Å²) in [5.74, 6) is 0.825. The highest BCUT2D eigenvalue weighted by Crippen LogP contribution is 2.28. The van der Waals surface area contributed by atoms with Crippen molar-refractivity contribution >= 4 is 23.3 Å². The highest BCUT2D eigenvalue weighted by Gasteiger charge is 2.17. The number of pyridine rings is 1. The number of halogens is 1. The molecule has 2 aromatic carbocycles. The average Bonchev–Trinajstić information content (AvgIpc) is 2.66. The Labute approximate surface area is 162 Å². The first kappa shape index (κ1) is 18.9. The number of likely N-dealkylation sites (tertiary alicyclic amines) is 1. The second kappa shape index (κ2) is 8.66. The number of piperidine rings is 1. The van der Waals surface area contributed by atoms with Crippen LogP contribution in [0.15, 0.2) is 60.7 Å². The van der Waals surface area contributed by atoms with E-state index in [0.717, 1.165) is 23.5 Å². The number of aryl methyl sites for hydroxylation is 1. The van der Waals surface area contributed by atoms with E-state index < -0.39 is 0 Å². The van der Waals surface area contributed by atoms with Crippen molar-refractivity contribution in [3.8, 4) is 11.3 Å². The molecule has 1 unspecified atom stereocenters. The van der Waals surface area contributed by atoms with Gasteiger partial charge in [-0.2, -0.15) is 0 Å². The molecule has 3 aromatic rings. The third kappa shape index (κ3) is 4.25. The van der Waals surface area contributed by atoms with E-state index in [-0.39, 0.29) is 12.4 Å². The lowest BCUT2D eigenvalue weighted by Crippen LogP contribution is -2.32. The minimum Gasteiger partial charge on any atom is -0.306 e. The van der Waals surface area contributed by atoms with Crippen molar-refractivity contribution in [2.24, 2.45) is 5.92 Å². The molecule has 0 amide bonds. The van der Waals surface area contributed by atoms with E-state index in [2.05, 4.69) is 72.6 Å². The number of nitrogens with zero attached hydrogens (tertiary/aromatic N) is 2. The van der Waals surface area contributed by atoms with Gasteiger partial charge in [0.15, 0.2) is 0 Å². The van der Waals surface area contributed by atoms with Crippen LogP contribution in [0.25, 0.3) is 22.2 Å². The maximum Gasteiger partial charge on any atom is 0.0712 e. The third-order valence-electron chi connectivity index (χ3n) is 5.42. The monoisotopic (exact) mass is 366 g/mol. The predicted molar refractivity (Wildman–Crippen MR) is 113 cm³/mol. The van der Waals surface area contributed by atoms with Crippen LogP contribution in [-0.2, 0) is 6.42 Å². The quantitative estimate of drug-likeness (QED) is 0.597. The van der Waals surface area contributed by atoms with Gasteiger partial charge in [-0.25, -0.2) is 4.98 Å². The summed E-state index contributed by atoms with van der Waals surface area (Å²) in [4.78, 5) is 7.39. The van der Waals surface area contributed by atoms with Crippen molar-refractivity contribution in [2.45, 2.75) is 25.7 Å². The largest absolute Gasteiger partial charge is 0.306 e. The molecule has 1 fully saturated rings. The molecular formula is C23H27ClN2. The van der Waals surface area contributed by atoms with Crippen molar-refractivity contribution in [3.63, 3.8) is 0 Å². The standard InChI is InChI=1S/C23H26N2.ClH/c1-25-15-7-8-18(17-25)13-14-20-16-23(19-9-3-2-4-10-19)24-22-12-6-5-11-21(20)22;/h2-6,9-12,16,18H,7-8,13-15,17H2,1H3;1H. The van der Waals surface area contributed by atoms with Crippen molar-refractivity contribution in [1.82, 2.24) is 9.88 Å². The van der Waals surface area contributed by atoms with E-state index in [9.17, 15) is 0 Å². The zero-order valence-corrected chi connectivity index (χ0v) is 16.2. The van der Waals surface area contributed by atoms with E-state index >= 15 is 0 Å². The molecule has 1 saturated heterocycles. The maximum atomic E-state index is 4.90. The van der Waals surface area contributed by atoms with Crippen molar-refractivity contribution < 1.29 is 0 Å². The van der Waals surface area contributed by atoms with Crippen LogP contribution in [0.2, 0.25) is 0 Å². The molecule has 0 aliphatic carbocycles. The molecule has 1 aliphatic heterocycles. The lowest BCUT2D eigenvalue weighted by Gasteiger charge is -2.29. The second-order valence-corrected chi connectivity index (χ2v) is 7.36. The number of fused-ring (bicyclic) bond motifs is 1. The first-order valence-corrected chi connectivity index (χ1v) is 9.42. The van der Waals surface area contributed by atoms with Gasteiger partial charge in [0.2, 0.25) is 0 Å². The van der Waals surface area contributed by atoms with E-state index in [1.807, 2.05) is 0 Å². The molecule has 1 atom stereocenters. The first-order valence-electron chi connectivity index (χ1n) is 9.42. The number of hydrogen-bond acceptors (Lipinski definition) is 2. The van der Waals surface area contributed by atoms with Gasteiger partial charge < -0.3 is 4.90 Å². The van der Waals surface area contributed by atoms with Gasteiger partial charge in [-0.1, -0.05) is 48.5 Å². The summed E-state index contributed by atoms with van der Waals surface area (Å²) in [6.07, 6.45) is 5.13. The number of rotatable bonds is 4. The normalized spacial score (nSPS) is 17.8. The summed E-state index contributed by atoms with van der Waals surface area (Å²) in [6, 6.07) is 21.4. The fraction of sp³-hybridized carbons (Fsp3) is 0.348. The predicted octanol–water partition coefficient (Wildman–Crippen LogP) is 5.60. The topological polar surface area (TPSA) is 16.1 Å². The van der Waals surface area contributed by atoms with Crippen LogP contribution in [0.4, 0.5) is 0 Å². The molecule has 0 spiro atoms. The molecule has 2 nitrogen and oxygen atoms in total. The van der Waals surface area contributed by atoms with Crippen LogP contribution in [0.5, 0.6) is 0 Å². The second-order valence-electron chi connectivity index (χ2n) is 7.36. The van der Waals surface area contributed by atoms with Crippen LogP contribution in [-0.4, -0.2) is 30.0 Å². The van der Waals surface area contributed by atoms with Gasteiger partial charge in [0, 0.05) is 17.5 Å². The number of aromatic nitrogens is 1. The Kier molecular flexibility index (Phi) is 6.29. The van der Waals surface area contributed by atoms with Crippen molar-refractivity contribution in [1.29, 1.82) is 0 Å². The first-order chi connectivity index (χ1) is 12.3. The van der Waals surface area contributed by atoms with Crippen LogP contribution in [0, 0.1) is 5.92 Å². The lowest BCUT2D eigenvalue weighted by atomic mass is 9.90. The van der Waals surface area contributed by atoms with Crippen LogP contribution >= 0.6 is 12.4 Å². The summed E-state index contributed by atoms with van der Waals surface area (Å²) >= 11 is 0. The van der Waals surface area contributed by atoms with Gasteiger partial charge in [-0.3, -0.25) is 0 Å². The third-order valence-corrected chi connectivity index (χ3v) is 5.42. The summed E-state index contributed by atoms with van der Waals surface area (Å²) in [7, 11) is 2.25. The summed E-state index contributed by atoms with van der Waals surface area (Å²) in [5, 5.41) is 1.31. The van der Waals surface area contributed by atoms with Crippen molar-refractivity contribution in [2.75, 3.05) is 20.1 Å². The zero-order valence-electron chi connectivity index (χ0n) is 15.4. The minimum absolute atomic E-state index is 0. The molecular weight excluding hydrogens is 340 g/mol. The Hall–Kier alpha value is -1.90. The number of para-hydroxylation sites is 1. The van der Waals surface area contributed by atoms with E-state index in [1.165, 1.54) is 48.9 Å². The molecule has 2 heterocycles. The highest BCUT2D eigenvalue weighted by molar-refractivity contribution is 5.85. The molecule has 0 bridgehead atoms. The Morgan fingerprint density at radius 3 is 2.62 bits per heavy atom. The van der Waals surface area contributed by atoms with Crippen LogP contribution < -0.4 is 0 Å². The summed E-state index contributed by atoms with van der Waals surface area (Å²) in [5.41, 5.74) is 4.85. The molecule has 3 heteroatoms. The fourth-order valence-electron chi connectivity index (χ4n) is 4.08. The van der Waals surface area contributed by atoms with Crippen molar-refractivity contribution in [3.05, 3.63) is 66.2 Å². The lowest BCUT2D eigenvalue weighted by molar-refractivity contribution is 0.202. The van der Waals surface area contributed by atoms with E-state index in [1.54, 1.807) is 0 Å². The fourth-order valence-corrected chi connectivity index (χ4v) is 4.08. The zero-order chi connectivity index (χ0) is 17.1.